The summed E-state index contributed by atoms with van der Waals surface area (Å²) in [5, 5.41) is 0. The number of rotatable bonds is 30. The van der Waals surface area contributed by atoms with Gasteiger partial charge in [0.05, 0.1) is 10.2 Å². The summed E-state index contributed by atoms with van der Waals surface area (Å²) in [5.41, 5.74) is 1.11. The summed E-state index contributed by atoms with van der Waals surface area (Å²) in [7, 11) is 17.7. The molecule has 0 aliphatic carbocycles. The molecular weight excluding hydrogens is 715 g/mol. The molecule has 0 N–H and O–H groups in total. The first-order valence-corrected chi connectivity index (χ1v) is 28.1. The normalized spacial score (nSPS) is 12.1. The highest BCUT2D eigenvalue weighted by atomic mass is 34.0. The maximum atomic E-state index is 5.49. The molecule has 1 aromatic carbocycles. The van der Waals surface area contributed by atoms with Crippen LogP contribution in [0, 0.1) is 0 Å². The van der Waals surface area contributed by atoms with Crippen LogP contribution in [0.15, 0.2) is 28.6 Å². The lowest BCUT2D eigenvalue weighted by atomic mass is 10.0. The van der Waals surface area contributed by atoms with E-state index in [4.69, 9.17) is 13.3 Å². The lowest BCUT2D eigenvalue weighted by Gasteiger charge is -2.24. The number of hydrogen-bond donors (Lipinski definition) is 0. The van der Waals surface area contributed by atoms with E-state index in [-0.39, 0.29) is 0 Å². The lowest BCUT2D eigenvalue weighted by Crippen LogP contribution is -2.42. The second-order valence-electron chi connectivity index (χ2n) is 9.96. The zero-order chi connectivity index (χ0) is 30.0. The molecule has 0 aliphatic rings. The number of fused-ring (bicyclic) bond motifs is 1. The Morgan fingerprint density at radius 1 is 0.595 bits per heavy atom. The number of aromatic nitrogens is 1. The number of para-hydroxylation sites is 1. The van der Waals surface area contributed by atoms with Gasteiger partial charge in [0.1, 0.15) is 0 Å². The third kappa shape index (κ3) is 19.6. The van der Waals surface area contributed by atoms with Gasteiger partial charge in [-0.3, -0.25) is 0 Å². The highest BCUT2D eigenvalue weighted by molar-refractivity contribution is 9.48. The fraction of sp³-hybridized carbons (Fsp3) is 0.750. The number of thiazole rings is 1. The molecule has 0 saturated carbocycles. The van der Waals surface area contributed by atoms with E-state index >= 15 is 0 Å². The van der Waals surface area contributed by atoms with Gasteiger partial charge in [-0.15, -0.1) is 11.3 Å². The van der Waals surface area contributed by atoms with E-state index in [0.717, 1.165) is 22.3 Å². The second kappa shape index (κ2) is 28.1. The maximum absolute atomic E-state index is 5.49. The van der Waals surface area contributed by atoms with Crippen molar-refractivity contribution in [3.05, 3.63) is 24.3 Å². The molecule has 0 radical (unpaired) electrons. The fourth-order valence-corrected chi connectivity index (χ4v) is 24.7. The van der Waals surface area contributed by atoms with Crippen LogP contribution in [0.4, 0.5) is 0 Å². The lowest BCUT2D eigenvalue weighted by molar-refractivity contribution is 0.122. The predicted octanol–water partition coefficient (Wildman–Crippen LogP) is 14.0. The molecular formula is C28H49NO3S9Si. The van der Waals surface area contributed by atoms with Gasteiger partial charge in [0.2, 0.25) is 0 Å². The van der Waals surface area contributed by atoms with Crippen LogP contribution in [-0.4, -0.2) is 40.9 Å². The summed E-state index contributed by atoms with van der Waals surface area (Å²) >= 11 is 1.77. The third-order valence-electron chi connectivity index (χ3n) is 6.96. The first-order chi connectivity index (χ1) is 20.7. The van der Waals surface area contributed by atoms with Gasteiger partial charge in [0, 0.05) is 33.1 Å². The van der Waals surface area contributed by atoms with E-state index in [1.807, 2.05) is 59.9 Å². The van der Waals surface area contributed by atoms with Crippen molar-refractivity contribution < 1.29 is 13.3 Å². The van der Waals surface area contributed by atoms with E-state index < -0.39 is 8.80 Å². The van der Waals surface area contributed by atoms with Gasteiger partial charge in [0.25, 0.3) is 0 Å². The molecule has 0 fully saturated rings. The van der Waals surface area contributed by atoms with Crippen molar-refractivity contribution in [3.8, 4) is 0 Å². The Hall–Kier alpha value is 2.01. The van der Waals surface area contributed by atoms with E-state index in [1.165, 1.54) is 107 Å². The SMILES string of the molecule is CO[Si](CCCCCCCCCCCCCCCCCCSSSSSSSSc1nc2ccccc2s1)(OC)OC. The Bertz CT molecular complexity index is 854. The standard InChI is InChI=1S/C28H49NO3S9Si/c1-30-42(31-2,32-3)25-21-17-15-13-11-9-7-5-4-6-8-10-12-14-16-20-24-33-36-38-40-41-39-37-35-28-29-26-22-18-19-23-27(26)34-28/h18-19,22-23H,4-17,20-21,24-25H2,1-3H3. The Kier molecular flexibility index (Phi) is 26.8. The average Bonchev–Trinajstić information content (AvgIpc) is 3.44. The maximum Gasteiger partial charge on any atom is 0.500 e. The molecule has 4 nitrogen and oxygen atoms in total. The second-order valence-corrected chi connectivity index (χ2v) is 27.4. The molecule has 2 rings (SSSR count). The molecule has 242 valence electrons. The zero-order valence-electron chi connectivity index (χ0n) is 25.4. The van der Waals surface area contributed by atoms with Gasteiger partial charge in [0.15, 0.2) is 4.34 Å². The van der Waals surface area contributed by atoms with Crippen LogP contribution < -0.4 is 0 Å². The summed E-state index contributed by atoms with van der Waals surface area (Å²) in [6, 6.07) is 9.29. The molecule has 0 amide bonds. The van der Waals surface area contributed by atoms with Crippen LogP contribution in [0.3, 0.4) is 0 Å². The van der Waals surface area contributed by atoms with Crippen LogP contribution >= 0.6 is 91.9 Å². The van der Waals surface area contributed by atoms with Gasteiger partial charge in [-0.05, 0) is 94.7 Å². The van der Waals surface area contributed by atoms with E-state index in [2.05, 4.69) is 29.2 Å². The van der Waals surface area contributed by atoms with Crippen LogP contribution in [0.5, 0.6) is 0 Å². The molecule has 0 saturated heterocycles. The van der Waals surface area contributed by atoms with Crippen molar-refractivity contribution in [2.24, 2.45) is 0 Å². The van der Waals surface area contributed by atoms with E-state index in [1.54, 1.807) is 53.3 Å². The Morgan fingerprint density at radius 2 is 1.07 bits per heavy atom. The van der Waals surface area contributed by atoms with Crippen LogP contribution in [0.1, 0.15) is 103 Å². The quantitative estimate of drug-likeness (QED) is 0.0432. The van der Waals surface area contributed by atoms with Gasteiger partial charge >= 0.3 is 8.80 Å². The number of benzene rings is 1. The smallest absolute Gasteiger partial charge is 0.377 e. The first kappa shape index (κ1) is 40.2. The van der Waals surface area contributed by atoms with Gasteiger partial charge in [-0.25, -0.2) is 4.98 Å². The van der Waals surface area contributed by atoms with Crippen LogP contribution in [-0.2, 0) is 13.3 Å². The average molecular weight is 764 g/mol. The molecule has 0 spiro atoms. The molecule has 1 aromatic heterocycles. The summed E-state index contributed by atoms with van der Waals surface area (Å²) in [6.07, 6.45) is 22.0. The Labute approximate surface area is 291 Å². The minimum absolute atomic E-state index is 0.930. The predicted molar refractivity (Wildman–Crippen MR) is 209 cm³/mol. The van der Waals surface area contributed by atoms with Crippen molar-refractivity contribution >= 4 is 111 Å². The number of nitrogens with zero attached hydrogens (tertiary/aromatic N) is 1. The molecule has 1 heterocycles. The molecule has 0 bridgehead atoms. The van der Waals surface area contributed by atoms with Crippen molar-refractivity contribution in [3.63, 3.8) is 0 Å². The van der Waals surface area contributed by atoms with Crippen molar-refractivity contribution in [1.82, 2.24) is 4.98 Å². The molecule has 0 aliphatic heterocycles. The highest BCUT2D eigenvalue weighted by Gasteiger charge is 2.36. The summed E-state index contributed by atoms with van der Waals surface area (Å²) in [5.74, 6) is 1.27. The Morgan fingerprint density at radius 3 is 1.62 bits per heavy atom. The third-order valence-corrected chi connectivity index (χ3v) is 26.3. The molecule has 0 unspecified atom stereocenters. The van der Waals surface area contributed by atoms with Gasteiger partial charge in [-0.2, -0.15) is 0 Å². The first-order valence-electron chi connectivity index (χ1n) is 15.0. The molecule has 0 atom stereocenters. The highest BCUT2D eigenvalue weighted by Crippen LogP contribution is 2.58. The van der Waals surface area contributed by atoms with Gasteiger partial charge in [-0.1, -0.05) is 113 Å². The van der Waals surface area contributed by atoms with Gasteiger partial charge < -0.3 is 13.3 Å². The van der Waals surface area contributed by atoms with Crippen LogP contribution in [0.2, 0.25) is 6.04 Å². The largest absolute Gasteiger partial charge is 0.500 e. The van der Waals surface area contributed by atoms with Crippen molar-refractivity contribution in [2.45, 2.75) is 113 Å². The molecule has 14 heteroatoms. The molecule has 2 aromatic rings. The summed E-state index contributed by atoms with van der Waals surface area (Å²) in [4.78, 5) is 4.66. The van der Waals surface area contributed by atoms with E-state index in [9.17, 15) is 0 Å². The number of hydrogen-bond acceptors (Lipinski definition) is 13. The summed E-state index contributed by atoms with van der Waals surface area (Å²) in [6.45, 7) is 0. The monoisotopic (exact) mass is 763 g/mol. The van der Waals surface area contributed by atoms with Crippen molar-refractivity contribution in [2.75, 3.05) is 27.1 Å². The molecule has 42 heavy (non-hydrogen) atoms. The zero-order valence-corrected chi connectivity index (χ0v) is 33.7. The topological polar surface area (TPSA) is 40.6 Å². The van der Waals surface area contributed by atoms with Crippen LogP contribution in [0.25, 0.3) is 10.2 Å². The van der Waals surface area contributed by atoms with Crippen molar-refractivity contribution in [1.29, 1.82) is 0 Å². The number of unbranched alkanes of at least 4 members (excludes halogenated alkanes) is 15. The summed E-state index contributed by atoms with van der Waals surface area (Å²) < 4.78 is 18.9. The minimum Gasteiger partial charge on any atom is -0.377 e. The van der Waals surface area contributed by atoms with E-state index in [0.29, 0.717) is 0 Å². The fourth-order valence-electron chi connectivity index (χ4n) is 4.56. The Balaban J connectivity index is 1.21. The minimum atomic E-state index is -2.35.